The SMILES string of the molecule is Clc1ccc2c(ccc3sc4ccccc4[n+]32)c1Cl.[Cl-]. The summed E-state index contributed by atoms with van der Waals surface area (Å²) in [7, 11) is 0. The minimum Gasteiger partial charge on any atom is -1.00 e. The number of hydrogen-bond acceptors (Lipinski definition) is 1. The maximum absolute atomic E-state index is 6.30. The monoisotopic (exact) mass is 339 g/mol. The molecule has 0 aliphatic rings. The summed E-state index contributed by atoms with van der Waals surface area (Å²) < 4.78 is 3.50. The number of hydrogen-bond donors (Lipinski definition) is 0. The van der Waals surface area contributed by atoms with E-state index in [0.29, 0.717) is 10.0 Å². The second kappa shape index (κ2) is 5.05. The number of para-hydroxylation sites is 1. The van der Waals surface area contributed by atoms with Crippen LogP contribution >= 0.6 is 34.5 Å². The number of aromatic nitrogens is 1. The lowest BCUT2D eigenvalue weighted by Crippen LogP contribution is -3.00. The topological polar surface area (TPSA) is 4.10 Å². The van der Waals surface area contributed by atoms with Crippen LogP contribution in [0.25, 0.3) is 25.9 Å². The van der Waals surface area contributed by atoms with Crippen LogP contribution < -0.4 is 16.8 Å². The van der Waals surface area contributed by atoms with Gasteiger partial charge in [0.1, 0.15) is 4.70 Å². The predicted octanol–water partition coefficient (Wildman–Crippen LogP) is 2.10. The van der Waals surface area contributed by atoms with E-state index < -0.39 is 0 Å². The van der Waals surface area contributed by atoms with Gasteiger partial charge < -0.3 is 12.4 Å². The number of halogens is 3. The van der Waals surface area contributed by atoms with Crippen LogP contribution in [0.2, 0.25) is 10.0 Å². The summed E-state index contributed by atoms with van der Waals surface area (Å²) in [5.74, 6) is 0. The molecule has 100 valence electrons. The van der Waals surface area contributed by atoms with E-state index in [2.05, 4.69) is 34.7 Å². The van der Waals surface area contributed by atoms with Gasteiger partial charge in [0, 0.05) is 18.2 Å². The Balaban J connectivity index is 0.00000121. The number of nitrogens with zero attached hydrogens (tertiary/aromatic N) is 1. The Labute approximate surface area is 135 Å². The fraction of sp³-hybridized carbons (Fsp3) is 0. The third-order valence-corrected chi connectivity index (χ3v) is 5.20. The Hall–Kier alpha value is -1.06. The van der Waals surface area contributed by atoms with Crippen molar-refractivity contribution in [3.05, 3.63) is 58.6 Å². The first-order chi connectivity index (χ1) is 9.25. The van der Waals surface area contributed by atoms with Crippen molar-refractivity contribution in [2.75, 3.05) is 0 Å². The predicted molar refractivity (Wildman–Crippen MR) is 82.5 cm³/mol. The van der Waals surface area contributed by atoms with Crippen molar-refractivity contribution in [3.8, 4) is 0 Å². The van der Waals surface area contributed by atoms with Crippen LogP contribution in [0, 0.1) is 0 Å². The molecular weight excluding hydrogens is 333 g/mol. The highest BCUT2D eigenvalue weighted by Gasteiger charge is 2.18. The quantitative estimate of drug-likeness (QED) is 0.432. The Morgan fingerprint density at radius 1 is 0.850 bits per heavy atom. The van der Waals surface area contributed by atoms with Crippen LogP contribution in [-0.4, -0.2) is 0 Å². The first kappa shape index (κ1) is 13.9. The van der Waals surface area contributed by atoms with E-state index in [-0.39, 0.29) is 12.4 Å². The number of fused-ring (bicyclic) bond motifs is 5. The van der Waals surface area contributed by atoms with Crippen molar-refractivity contribution in [2.45, 2.75) is 0 Å². The summed E-state index contributed by atoms with van der Waals surface area (Å²) in [6, 6.07) is 16.4. The molecule has 0 aliphatic heterocycles. The molecule has 4 aromatic rings. The molecule has 2 aromatic carbocycles. The van der Waals surface area contributed by atoms with E-state index in [1.165, 1.54) is 15.0 Å². The van der Waals surface area contributed by atoms with Gasteiger partial charge in [-0.25, -0.2) is 0 Å². The smallest absolute Gasteiger partial charge is 0.268 e. The lowest BCUT2D eigenvalue weighted by Gasteiger charge is -1.99. The summed E-state index contributed by atoms with van der Waals surface area (Å²) in [4.78, 5) is 1.20. The van der Waals surface area contributed by atoms with E-state index in [0.717, 1.165) is 10.9 Å². The molecule has 0 radical (unpaired) electrons. The van der Waals surface area contributed by atoms with Crippen LogP contribution in [0.4, 0.5) is 0 Å². The molecule has 0 atom stereocenters. The first-order valence-electron chi connectivity index (χ1n) is 5.86. The van der Waals surface area contributed by atoms with Crippen LogP contribution in [-0.2, 0) is 0 Å². The second-order valence-electron chi connectivity index (χ2n) is 4.37. The minimum atomic E-state index is 0. The van der Waals surface area contributed by atoms with E-state index in [1.54, 1.807) is 11.3 Å². The number of rotatable bonds is 0. The van der Waals surface area contributed by atoms with Gasteiger partial charge in [-0.05, 0) is 18.2 Å². The Kier molecular flexibility index (Phi) is 3.51. The molecular formula is C15H8Cl3NS. The third kappa shape index (κ3) is 1.87. The molecule has 0 saturated carbocycles. The van der Waals surface area contributed by atoms with Gasteiger partial charge in [0.15, 0.2) is 0 Å². The summed E-state index contributed by atoms with van der Waals surface area (Å²) in [6.07, 6.45) is 0. The van der Waals surface area contributed by atoms with E-state index in [4.69, 9.17) is 23.2 Å². The summed E-state index contributed by atoms with van der Waals surface area (Å²) in [5.41, 5.74) is 2.29. The fourth-order valence-electron chi connectivity index (χ4n) is 2.43. The zero-order valence-corrected chi connectivity index (χ0v) is 13.2. The van der Waals surface area contributed by atoms with Crippen molar-refractivity contribution >= 4 is 60.5 Å². The molecule has 4 rings (SSSR count). The zero-order chi connectivity index (χ0) is 13.0. The lowest BCUT2D eigenvalue weighted by atomic mass is 10.2. The molecule has 0 N–H and O–H groups in total. The molecule has 0 unspecified atom stereocenters. The number of thiazole rings is 1. The highest BCUT2D eigenvalue weighted by atomic mass is 35.5. The number of pyridine rings is 1. The van der Waals surface area contributed by atoms with Crippen LogP contribution in [0.5, 0.6) is 0 Å². The van der Waals surface area contributed by atoms with Gasteiger partial charge in [-0.15, -0.1) is 4.40 Å². The normalized spacial score (nSPS) is 11.1. The largest absolute Gasteiger partial charge is 1.00 e. The van der Waals surface area contributed by atoms with Gasteiger partial charge >= 0.3 is 0 Å². The van der Waals surface area contributed by atoms with E-state index in [1.807, 2.05) is 18.2 Å². The molecule has 1 nitrogen and oxygen atoms in total. The Morgan fingerprint density at radius 2 is 1.65 bits per heavy atom. The van der Waals surface area contributed by atoms with Gasteiger partial charge in [-0.2, -0.15) is 0 Å². The standard InChI is InChI=1S/C15H8Cl2NS.ClH/c16-10-6-7-11-9(15(10)17)5-8-14-18(11)12-3-1-2-4-13(12)19-14;/h1-8H;1H/q+1;/p-1. The molecule has 0 amide bonds. The molecule has 0 fully saturated rings. The Bertz CT molecular complexity index is 946. The molecule has 0 aliphatic carbocycles. The van der Waals surface area contributed by atoms with Gasteiger partial charge in [-0.3, -0.25) is 0 Å². The molecule has 0 spiro atoms. The molecule has 2 aromatic heterocycles. The van der Waals surface area contributed by atoms with Crippen LogP contribution in [0.1, 0.15) is 0 Å². The Morgan fingerprint density at radius 3 is 2.50 bits per heavy atom. The third-order valence-electron chi connectivity index (χ3n) is 3.28. The second-order valence-corrected chi connectivity index (χ2v) is 6.22. The molecule has 0 bridgehead atoms. The van der Waals surface area contributed by atoms with E-state index >= 15 is 0 Å². The van der Waals surface area contributed by atoms with Crippen molar-refractivity contribution in [1.82, 2.24) is 0 Å². The molecule has 5 heteroatoms. The lowest BCUT2D eigenvalue weighted by molar-refractivity contribution is -0.446. The van der Waals surface area contributed by atoms with Gasteiger partial charge in [0.05, 0.1) is 15.4 Å². The fourth-order valence-corrected chi connectivity index (χ4v) is 3.87. The highest BCUT2D eigenvalue weighted by molar-refractivity contribution is 7.23. The molecule has 20 heavy (non-hydrogen) atoms. The van der Waals surface area contributed by atoms with Gasteiger partial charge in [0.25, 0.3) is 4.83 Å². The summed E-state index contributed by atoms with van der Waals surface area (Å²) in [6.45, 7) is 0. The van der Waals surface area contributed by atoms with Crippen molar-refractivity contribution in [2.24, 2.45) is 0 Å². The highest BCUT2D eigenvalue weighted by Crippen LogP contribution is 2.31. The summed E-state index contributed by atoms with van der Waals surface area (Å²) >= 11 is 14.2. The van der Waals surface area contributed by atoms with E-state index in [9.17, 15) is 0 Å². The minimum absolute atomic E-state index is 0. The average molecular weight is 341 g/mol. The molecule has 0 saturated heterocycles. The maximum Gasteiger partial charge on any atom is 0.268 e. The van der Waals surface area contributed by atoms with Crippen molar-refractivity contribution in [3.63, 3.8) is 0 Å². The zero-order valence-electron chi connectivity index (χ0n) is 10.1. The maximum atomic E-state index is 6.30. The van der Waals surface area contributed by atoms with Crippen molar-refractivity contribution in [1.29, 1.82) is 0 Å². The first-order valence-corrected chi connectivity index (χ1v) is 7.43. The van der Waals surface area contributed by atoms with Crippen LogP contribution in [0.15, 0.2) is 48.5 Å². The van der Waals surface area contributed by atoms with Gasteiger partial charge in [0.2, 0.25) is 11.0 Å². The van der Waals surface area contributed by atoms with Gasteiger partial charge in [-0.1, -0.05) is 46.7 Å². The number of benzene rings is 2. The van der Waals surface area contributed by atoms with Crippen LogP contribution in [0.3, 0.4) is 0 Å². The summed E-state index contributed by atoms with van der Waals surface area (Å²) in [5, 5.41) is 2.19. The molecule has 2 heterocycles. The average Bonchev–Trinajstić information content (AvgIpc) is 2.81. The van der Waals surface area contributed by atoms with Crippen molar-refractivity contribution < 1.29 is 16.8 Å².